The van der Waals surface area contributed by atoms with Crippen LogP contribution in [0, 0.1) is 5.92 Å². The van der Waals surface area contributed by atoms with Crippen molar-refractivity contribution in [1.29, 1.82) is 0 Å². The Balaban J connectivity index is 2.36. The molecule has 16 heavy (non-hydrogen) atoms. The maximum atomic E-state index is 11.7. The SMILES string of the molecule is CC(C)Cc1cc(=O)n(-c2ccncc2)[nH]1. The van der Waals surface area contributed by atoms with Crippen LogP contribution < -0.4 is 5.56 Å². The lowest BCUT2D eigenvalue weighted by Gasteiger charge is -2.02. The summed E-state index contributed by atoms with van der Waals surface area (Å²) in [5, 5.41) is 3.11. The van der Waals surface area contributed by atoms with Crippen LogP contribution in [-0.4, -0.2) is 14.8 Å². The van der Waals surface area contributed by atoms with Crippen LogP contribution in [0.3, 0.4) is 0 Å². The van der Waals surface area contributed by atoms with Crippen LogP contribution in [0.1, 0.15) is 19.5 Å². The Hall–Kier alpha value is -1.84. The summed E-state index contributed by atoms with van der Waals surface area (Å²) in [5.74, 6) is 0.531. The molecule has 0 aliphatic rings. The smallest absolute Gasteiger partial charge is 0.271 e. The van der Waals surface area contributed by atoms with Crippen LogP contribution in [0.2, 0.25) is 0 Å². The molecule has 0 aromatic carbocycles. The van der Waals surface area contributed by atoms with E-state index in [0.29, 0.717) is 5.92 Å². The van der Waals surface area contributed by atoms with Gasteiger partial charge in [-0.25, -0.2) is 4.68 Å². The van der Waals surface area contributed by atoms with E-state index in [1.807, 2.05) is 0 Å². The average Bonchev–Trinajstić information content (AvgIpc) is 2.60. The maximum absolute atomic E-state index is 11.7. The van der Waals surface area contributed by atoms with Gasteiger partial charge in [-0.15, -0.1) is 0 Å². The zero-order valence-corrected chi connectivity index (χ0v) is 9.47. The standard InChI is InChI=1S/C12H15N3O/c1-9(2)7-10-8-12(16)15(14-10)11-3-5-13-6-4-11/h3-6,8-9,14H,7H2,1-2H3. The second-order valence-electron chi connectivity index (χ2n) is 4.26. The molecule has 0 atom stereocenters. The summed E-state index contributed by atoms with van der Waals surface area (Å²) in [5.41, 5.74) is 1.76. The van der Waals surface area contributed by atoms with Gasteiger partial charge in [0.05, 0.1) is 5.69 Å². The number of hydrogen-bond acceptors (Lipinski definition) is 2. The highest BCUT2D eigenvalue weighted by molar-refractivity contribution is 5.28. The largest absolute Gasteiger partial charge is 0.295 e. The first-order valence-electron chi connectivity index (χ1n) is 5.38. The van der Waals surface area contributed by atoms with Gasteiger partial charge in [-0.05, 0) is 24.5 Å². The minimum atomic E-state index is -0.0261. The summed E-state index contributed by atoms with van der Waals surface area (Å²) in [4.78, 5) is 15.7. The summed E-state index contributed by atoms with van der Waals surface area (Å²) < 4.78 is 1.54. The van der Waals surface area contributed by atoms with E-state index in [0.717, 1.165) is 17.8 Å². The maximum Gasteiger partial charge on any atom is 0.271 e. The van der Waals surface area contributed by atoms with Crippen molar-refractivity contribution in [3.05, 3.63) is 46.6 Å². The third kappa shape index (κ3) is 2.21. The molecule has 0 amide bonds. The van der Waals surface area contributed by atoms with Crippen molar-refractivity contribution in [3.8, 4) is 5.69 Å². The Morgan fingerprint density at radius 1 is 1.38 bits per heavy atom. The van der Waals surface area contributed by atoms with Crippen molar-refractivity contribution in [2.45, 2.75) is 20.3 Å². The monoisotopic (exact) mass is 217 g/mol. The van der Waals surface area contributed by atoms with Gasteiger partial charge in [0.25, 0.3) is 5.56 Å². The molecule has 1 N–H and O–H groups in total. The molecule has 0 saturated heterocycles. The molecule has 0 bridgehead atoms. The van der Waals surface area contributed by atoms with Gasteiger partial charge in [0.2, 0.25) is 0 Å². The second-order valence-corrected chi connectivity index (χ2v) is 4.26. The fourth-order valence-corrected chi connectivity index (χ4v) is 1.67. The molecule has 0 saturated carbocycles. The van der Waals surface area contributed by atoms with Crippen molar-refractivity contribution in [1.82, 2.24) is 14.8 Å². The van der Waals surface area contributed by atoms with Crippen molar-refractivity contribution in [3.63, 3.8) is 0 Å². The molecule has 84 valence electrons. The predicted octanol–water partition coefficient (Wildman–Crippen LogP) is 1.76. The lowest BCUT2D eigenvalue weighted by atomic mass is 10.1. The number of rotatable bonds is 3. The third-order valence-electron chi connectivity index (χ3n) is 2.32. The van der Waals surface area contributed by atoms with E-state index in [1.54, 1.807) is 35.3 Å². The minimum absolute atomic E-state index is 0.0261. The lowest BCUT2D eigenvalue weighted by molar-refractivity contribution is 0.628. The molecule has 4 nitrogen and oxygen atoms in total. The van der Waals surface area contributed by atoms with Gasteiger partial charge in [0.1, 0.15) is 0 Å². The normalized spacial score (nSPS) is 10.9. The molecule has 0 radical (unpaired) electrons. The Labute approximate surface area is 93.9 Å². The molecule has 2 aromatic rings. The molecule has 0 spiro atoms. The minimum Gasteiger partial charge on any atom is -0.295 e. The first-order valence-corrected chi connectivity index (χ1v) is 5.38. The van der Waals surface area contributed by atoms with E-state index in [4.69, 9.17) is 0 Å². The summed E-state index contributed by atoms with van der Waals surface area (Å²) in [6.45, 7) is 4.25. The van der Waals surface area contributed by atoms with E-state index >= 15 is 0 Å². The van der Waals surface area contributed by atoms with Crippen LogP contribution in [0.4, 0.5) is 0 Å². The highest BCUT2D eigenvalue weighted by Crippen LogP contribution is 2.06. The number of aromatic amines is 1. The van der Waals surface area contributed by atoms with Gasteiger partial charge >= 0.3 is 0 Å². The topological polar surface area (TPSA) is 50.7 Å². The van der Waals surface area contributed by atoms with E-state index in [9.17, 15) is 4.79 Å². The number of pyridine rings is 1. The number of nitrogens with zero attached hydrogens (tertiary/aromatic N) is 2. The third-order valence-corrected chi connectivity index (χ3v) is 2.32. The number of aromatic nitrogens is 3. The van der Waals surface area contributed by atoms with Crippen LogP contribution >= 0.6 is 0 Å². The van der Waals surface area contributed by atoms with Crippen molar-refractivity contribution < 1.29 is 0 Å². The van der Waals surface area contributed by atoms with Gasteiger partial charge in [-0.3, -0.25) is 14.9 Å². The molecule has 0 aliphatic heterocycles. The predicted molar refractivity (Wildman–Crippen MR) is 62.7 cm³/mol. The molecule has 2 rings (SSSR count). The van der Waals surface area contributed by atoms with Gasteiger partial charge in [-0.1, -0.05) is 13.8 Å². The zero-order valence-electron chi connectivity index (χ0n) is 9.47. The van der Waals surface area contributed by atoms with Gasteiger partial charge in [-0.2, -0.15) is 0 Å². The van der Waals surface area contributed by atoms with E-state index in [1.165, 1.54) is 0 Å². The first kappa shape index (κ1) is 10.7. The van der Waals surface area contributed by atoms with Crippen LogP contribution in [0.15, 0.2) is 35.4 Å². The molecular formula is C12H15N3O. The molecule has 2 aromatic heterocycles. The fourth-order valence-electron chi connectivity index (χ4n) is 1.67. The Kier molecular flexibility index (Phi) is 2.90. The van der Waals surface area contributed by atoms with Gasteiger partial charge < -0.3 is 0 Å². The Morgan fingerprint density at radius 3 is 2.69 bits per heavy atom. The first-order chi connectivity index (χ1) is 7.66. The highest BCUT2D eigenvalue weighted by atomic mass is 16.1. The van der Waals surface area contributed by atoms with Crippen molar-refractivity contribution >= 4 is 0 Å². The van der Waals surface area contributed by atoms with Crippen LogP contribution in [0.25, 0.3) is 5.69 Å². The van der Waals surface area contributed by atoms with E-state index < -0.39 is 0 Å². The molecule has 2 heterocycles. The molecule has 0 fully saturated rings. The summed E-state index contributed by atoms with van der Waals surface area (Å²) >= 11 is 0. The van der Waals surface area contributed by atoms with Gasteiger partial charge in [0.15, 0.2) is 0 Å². The Bertz CT molecular complexity index is 511. The molecule has 4 heteroatoms. The highest BCUT2D eigenvalue weighted by Gasteiger charge is 2.05. The number of nitrogens with one attached hydrogen (secondary N) is 1. The summed E-state index contributed by atoms with van der Waals surface area (Å²) in [6.07, 6.45) is 4.22. The van der Waals surface area contributed by atoms with Crippen molar-refractivity contribution in [2.24, 2.45) is 5.92 Å². The van der Waals surface area contributed by atoms with Gasteiger partial charge in [0, 0.05) is 24.2 Å². The van der Waals surface area contributed by atoms with Crippen LogP contribution in [0.5, 0.6) is 0 Å². The number of hydrogen-bond donors (Lipinski definition) is 1. The van der Waals surface area contributed by atoms with Crippen LogP contribution in [-0.2, 0) is 6.42 Å². The van der Waals surface area contributed by atoms with E-state index in [-0.39, 0.29) is 5.56 Å². The molecular weight excluding hydrogens is 202 g/mol. The quantitative estimate of drug-likeness (QED) is 0.851. The van der Waals surface area contributed by atoms with E-state index in [2.05, 4.69) is 23.9 Å². The summed E-state index contributed by atoms with van der Waals surface area (Å²) in [6, 6.07) is 5.26. The fraction of sp³-hybridized carbons (Fsp3) is 0.333. The Morgan fingerprint density at radius 2 is 2.06 bits per heavy atom. The average molecular weight is 217 g/mol. The lowest BCUT2D eigenvalue weighted by Crippen LogP contribution is -2.13. The second kappa shape index (κ2) is 4.35. The number of H-pyrrole nitrogens is 1. The summed E-state index contributed by atoms with van der Waals surface area (Å²) in [7, 11) is 0. The van der Waals surface area contributed by atoms with Crippen molar-refractivity contribution in [2.75, 3.05) is 0 Å². The molecule has 0 aliphatic carbocycles. The zero-order chi connectivity index (χ0) is 11.5. The molecule has 0 unspecified atom stereocenters.